The van der Waals surface area contributed by atoms with Crippen LogP contribution in [0.2, 0.25) is 0 Å². The third kappa shape index (κ3) is 1.78. The minimum atomic E-state index is -0.582. The second-order valence-electron chi connectivity index (χ2n) is 1.78. The fourth-order valence-electron chi connectivity index (χ4n) is 0.547. The molecular weight excluding hydrogens is 200 g/mol. The molecule has 9 heavy (non-hydrogen) atoms. The topological polar surface area (TPSA) is 19.9 Å². The fourth-order valence-corrected chi connectivity index (χ4v) is 1.90. The summed E-state index contributed by atoms with van der Waals surface area (Å²) in [6, 6.07) is 3.75. The Kier molecular flexibility index (Phi) is 2.27. The summed E-state index contributed by atoms with van der Waals surface area (Å²) in [5, 5.41) is 10.7. The van der Waals surface area contributed by atoms with Crippen molar-refractivity contribution in [1.82, 2.24) is 0 Å². The summed E-state index contributed by atoms with van der Waals surface area (Å²) in [7, 11) is 0. The Morgan fingerprint density at radius 1 is 1.67 bits per heavy atom. The SMILES string of the molecule is CC([O])c1ccc(Br)s1. The van der Waals surface area contributed by atoms with E-state index >= 15 is 0 Å². The summed E-state index contributed by atoms with van der Waals surface area (Å²) in [6.07, 6.45) is -0.582. The van der Waals surface area contributed by atoms with Gasteiger partial charge in [0.1, 0.15) is 6.10 Å². The third-order valence-electron chi connectivity index (χ3n) is 0.995. The number of thiophene rings is 1. The molecule has 1 atom stereocenters. The van der Waals surface area contributed by atoms with Crippen LogP contribution in [0, 0.1) is 0 Å². The smallest absolute Gasteiger partial charge is 0.124 e. The van der Waals surface area contributed by atoms with E-state index in [0.717, 1.165) is 8.66 Å². The van der Waals surface area contributed by atoms with Crippen molar-refractivity contribution in [3.8, 4) is 0 Å². The lowest BCUT2D eigenvalue weighted by Crippen LogP contribution is -1.80. The second kappa shape index (κ2) is 2.82. The molecule has 0 fully saturated rings. The van der Waals surface area contributed by atoms with E-state index in [2.05, 4.69) is 15.9 Å². The molecule has 49 valence electrons. The quantitative estimate of drug-likeness (QED) is 0.673. The molecule has 0 N–H and O–H groups in total. The molecule has 1 aromatic rings. The standard InChI is InChI=1S/C6H6BrOS/c1-4(8)5-2-3-6(7)9-5/h2-4H,1H3. The summed E-state index contributed by atoms with van der Waals surface area (Å²) in [4.78, 5) is 0.891. The van der Waals surface area contributed by atoms with Crippen LogP contribution in [0.1, 0.15) is 17.9 Å². The van der Waals surface area contributed by atoms with E-state index in [1.54, 1.807) is 6.92 Å². The monoisotopic (exact) mass is 205 g/mol. The Labute approximate surface area is 66.5 Å². The van der Waals surface area contributed by atoms with E-state index in [9.17, 15) is 5.11 Å². The zero-order valence-corrected chi connectivity index (χ0v) is 7.33. The predicted octanol–water partition coefficient (Wildman–Crippen LogP) is 3.00. The molecule has 0 saturated heterocycles. The van der Waals surface area contributed by atoms with Gasteiger partial charge < -0.3 is 0 Å². The highest BCUT2D eigenvalue weighted by Gasteiger charge is 2.03. The molecular formula is C6H6BrOS. The minimum absolute atomic E-state index is 0.582. The molecule has 0 aliphatic carbocycles. The maximum atomic E-state index is 10.7. The van der Waals surface area contributed by atoms with Crippen molar-refractivity contribution >= 4 is 27.3 Å². The maximum Gasteiger partial charge on any atom is 0.124 e. The molecule has 0 amide bonds. The van der Waals surface area contributed by atoms with Crippen LogP contribution in [-0.4, -0.2) is 0 Å². The average Bonchev–Trinajstić information content (AvgIpc) is 2.14. The van der Waals surface area contributed by atoms with Gasteiger partial charge in [-0.15, -0.1) is 11.3 Å². The lowest BCUT2D eigenvalue weighted by Gasteiger charge is -1.92. The lowest BCUT2D eigenvalue weighted by molar-refractivity contribution is 0.109. The van der Waals surface area contributed by atoms with Crippen molar-refractivity contribution in [2.24, 2.45) is 0 Å². The van der Waals surface area contributed by atoms with Crippen molar-refractivity contribution < 1.29 is 5.11 Å². The summed E-state index contributed by atoms with van der Waals surface area (Å²) in [6.45, 7) is 1.65. The largest absolute Gasteiger partial charge is 0.227 e. The van der Waals surface area contributed by atoms with Crippen molar-refractivity contribution in [1.29, 1.82) is 0 Å². The summed E-state index contributed by atoms with van der Waals surface area (Å²) in [5.74, 6) is 0. The van der Waals surface area contributed by atoms with E-state index < -0.39 is 6.10 Å². The van der Waals surface area contributed by atoms with Crippen LogP contribution in [-0.2, 0) is 5.11 Å². The molecule has 0 aliphatic heterocycles. The number of halogens is 1. The average molecular weight is 206 g/mol. The van der Waals surface area contributed by atoms with Gasteiger partial charge in [-0.05, 0) is 35.0 Å². The van der Waals surface area contributed by atoms with Gasteiger partial charge in [0.2, 0.25) is 0 Å². The van der Waals surface area contributed by atoms with Crippen molar-refractivity contribution in [3.05, 3.63) is 20.8 Å². The van der Waals surface area contributed by atoms with E-state index in [-0.39, 0.29) is 0 Å². The van der Waals surface area contributed by atoms with E-state index in [4.69, 9.17) is 0 Å². The van der Waals surface area contributed by atoms with Crippen molar-refractivity contribution in [3.63, 3.8) is 0 Å². The van der Waals surface area contributed by atoms with Gasteiger partial charge in [0.25, 0.3) is 0 Å². The van der Waals surface area contributed by atoms with Gasteiger partial charge in [-0.1, -0.05) is 0 Å². The van der Waals surface area contributed by atoms with Crippen LogP contribution in [0.25, 0.3) is 0 Å². The van der Waals surface area contributed by atoms with Crippen LogP contribution in [0.3, 0.4) is 0 Å². The predicted molar refractivity (Wildman–Crippen MR) is 41.1 cm³/mol. The van der Waals surface area contributed by atoms with E-state index in [0.29, 0.717) is 0 Å². The zero-order chi connectivity index (χ0) is 6.85. The van der Waals surface area contributed by atoms with Gasteiger partial charge in [0.15, 0.2) is 0 Å². The van der Waals surface area contributed by atoms with Crippen LogP contribution < -0.4 is 0 Å². The Balaban J connectivity index is 2.85. The van der Waals surface area contributed by atoms with Crippen molar-refractivity contribution in [2.45, 2.75) is 13.0 Å². The Morgan fingerprint density at radius 3 is 2.56 bits per heavy atom. The van der Waals surface area contributed by atoms with Crippen LogP contribution >= 0.6 is 27.3 Å². The minimum Gasteiger partial charge on any atom is -0.227 e. The first-order valence-corrected chi connectivity index (χ1v) is 4.22. The van der Waals surface area contributed by atoms with Crippen molar-refractivity contribution in [2.75, 3.05) is 0 Å². The second-order valence-corrected chi connectivity index (χ2v) is 4.28. The summed E-state index contributed by atoms with van der Waals surface area (Å²) >= 11 is 4.78. The zero-order valence-electron chi connectivity index (χ0n) is 4.93. The van der Waals surface area contributed by atoms with E-state index in [1.165, 1.54) is 11.3 Å². The normalized spacial score (nSPS) is 13.7. The third-order valence-corrected chi connectivity index (χ3v) is 2.78. The first-order valence-electron chi connectivity index (χ1n) is 2.61. The molecule has 1 radical (unpaired) electrons. The van der Waals surface area contributed by atoms with E-state index in [1.807, 2.05) is 12.1 Å². The first kappa shape index (κ1) is 7.25. The Morgan fingerprint density at radius 2 is 2.33 bits per heavy atom. The number of hydrogen-bond donors (Lipinski definition) is 0. The molecule has 1 nitrogen and oxygen atoms in total. The number of hydrogen-bond acceptors (Lipinski definition) is 1. The highest BCUT2D eigenvalue weighted by molar-refractivity contribution is 9.11. The lowest BCUT2D eigenvalue weighted by atomic mass is 10.3. The first-order chi connectivity index (χ1) is 4.20. The molecule has 1 rings (SSSR count). The van der Waals surface area contributed by atoms with Gasteiger partial charge in [-0.3, -0.25) is 0 Å². The summed E-state index contributed by atoms with van der Waals surface area (Å²) in [5.41, 5.74) is 0. The molecule has 0 spiro atoms. The van der Waals surface area contributed by atoms with Gasteiger partial charge >= 0.3 is 0 Å². The molecule has 0 bridgehead atoms. The fraction of sp³-hybridized carbons (Fsp3) is 0.333. The van der Waals surface area contributed by atoms with Gasteiger partial charge in [0, 0.05) is 4.88 Å². The Hall–Kier alpha value is 0.140. The van der Waals surface area contributed by atoms with Crippen LogP contribution in [0.4, 0.5) is 0 Å². The molecule has 1 unspecified atom stereocenters. The molecule has 1 aromatic heterocycles. The molecule has 1 heterocycles. The van der Waals surface area contributed by atoms with Crippen LogP contribution in [0.5, 0.6) is 0 Å². The molecule has 3 heteroatoms. The van der Waals surface area contributed by atoms with Crippen LogP contribution in [0.15, 0.2) is 15.9 Å². The molecule has 0 aliphatic rings. The maximum absolute atomic E-state index is 10.7. The number of rotatable bonds is 1. The highest BCUT2D eigenvalue weighted by Crippen LogP contribution is 2.26. The van der Waals surface area contributed by atoms with Gasteiger partial charge in [-0.25, -0.2) is 5.11 Å². The highest BCUT2D eigenvalue weighted by atomic mass is 79.9. The Bertz CT molecular complexity index is 195. The molecule has 0 saturated carbocycles. The van der Waals surface area contributed by atoms with Gasteiger partial charge in [-0.2, -0.15) is 0 Å². The summed E-state index contributed by atoms with van der Waals surface area (Å²) < 4.78 is 1.03. The molecule has 0 aromatic carbocycles. The van der Waals surface area contributed by atoms with Gasteiger partial charge in [0.05, 0.1) is 3.79 Å².